The summed E-state index contributed by atoms with van der Waals surface area (Å²) in [6.45, 7) is 11.7. The maximum atomic E-state index is 12.2. The van der Waals surface area contributed by atoms with E-state index in [1.54, 1.807) is 4.90 Å². The maximum Gasteiger partial charge on any atom is 0.410 e. The number of carbonyl (C=O) groups is 1. The van der Waals surface area contributed by atoms with Crippen molar-refractivity contribution in [2.45, 2.75) is 59.1 Å². The zero-order chi connectivity index (χ0) is 17.9. The van der Waals surface area contributed by atoms with E-state index < -0.39 is 5.60 Å². The van der Waals surface area contributed by atoms with Crippen LogP contribution in [0.4, 0.5) is 10.6 Å². The molecule has 2 rings (SSSR count). The van der Waals surface area contributed by atoms with Gasteiger partial charge in [-0.05, 0) is 45.7 Å². The molecule has 7 heteroatoms. The van der Waals surface area contributed by atoms with Crippen molar-refractivity contribution in [3.05, 3.63) is 17.0 Å². The first-order chi connectivity index (χ1) is 11.2. The van der Waals surface area contributed by atoms with Gasteiger partial charge in [0.15, 0.2) is 0 Å². The van der Waals surface area contributed by atoms with Gasteiger partial charge >= 0.3 is 6.09 Å². The highest BCUT2D eigenvalue weighted by Crippen LogP contribution is 2.22. The van der Waals surface area contributed by atoms with Crippen molar-refractivity contribution in [2.24, 2.45) is 0 Å². The minimum Gasteiger partial charge on any atom is -0.444 e. The number of anilines is 1. The molecule has 1 atom stereocenters. The summed E-state index contributed by atoms with van der Waals surface area (Å²) in [5, 5.41) is 0.276. The number of nitrogens with zero attached hydrogens (tertiary/aromatic N) is 4. The molecule has 0 spiro atoms. The molecule has 1 aromatic heterocycles. The standard InChI is InChI=1S/C17H27ClN4O2/c1-6-7-13-10-14(20-15(18)19-13)22-9-8-21(11-12(22)2)16(23)24-17(3,4)5/h10,12H,6-9,11H2,1-5H3. The Bertz CT molecular complexity index is 588. The zero-order valence-corrected chi connectivity index (χ0v) is 15.9. The van der Waals surface area contributed by atoms with E-state index >= 15 is 0 Å². The topological polar surface area (TPSA) is 58.6 Å². The first-order valence-electron chi connectivity index (χ1n) is 8.47. The van der Waals surface area contributed by atoms with Crippen LogP contribution < -0.4 is 4.90 Å². The molecule has 2 heterocycles. The van der Waals surface area contributed by atoms with E-state index in [1.807, 2.05) is 26.8 Å². The average molecular weight is 355 g/mol. The highest BCUT2D eigenvalue weighted by Gasteiger charge is 2.30. The molecule has 134 valence electrons. The van der Waals surface area contributed by atoms with Gasteiger partial charge in [0.05, 0.1) is 0 Å². The van der Waals surface area contributed by atoms with Crippen LogP contribution in [0.2, 0.25) is 5.28 Å². The van der Waals surface area contributed by atoms with Crippen molar-refractivity contribution in [1.29, 1.82) is 0 Å². The lowest BCUT2D eigenvalue weighted by atomic mass is 10.1. The van der Waals surface area contributed by atoms with Crippen molar-refractivity contribution in [3.8, 4) is 0 Å². The number of piperazine rings is 1. The lowest BCUT2D eigenvalue weighted by molar-refractivity contribution is 0.0218. The predicted octanol–water partition coefficient (Wildman–Crippen LogP) is 3.53. The second kappa shape index (κ2) is 7.55. The second-order valence-corrected chi connectivity index (χ2v) is 7.54. The first-order valence-corrected chi connectivity index (χ1v) is 8.85. The van der Waals surface area contributed by atoms with Gasteiger partial charge in [-0.25, -0.2) is 14.8 Å². The summed E-state index contributed by atoms with van der Waals surface area (Å²) < 4.78 is 5.46. The van der Waals surface area contributed by atoms with E-state index in [1.165, 1.54) is 0 Å². The highest BCUT2D eigenvalue weighted by atomic mass is 35.5. The molecular formula is C17H27ClN4O2. The maximum absolute atomic E-state index is 12.2. The van der Waals surface area contributed by atoms with E-state index in [2.05, 4.69) is 28.7 Å². The molecule has 24 heavy (non-hydrogen) atoms. The van der Waals surface area contributed by atoms with Crippen molar-refractivity contribution in [3.63, 3.8) is 0 Å². The number of halogens is 1. The molecule has 1 aromatic rings. The van der Waals surface area contributed by atoms with Gasteiger partial charge in [-0.15, -0.1) is 0 Å². The number of hydrogen-bond donors (Lipinski definition) is 0. The molecule has 1 aliphatic rings. The summed E-state index contributed by atoms with van der Waals surface area (Å²) >= 11 is 6.07. The van der Waals surface area contributed by atoms with Gasteiger partial charge in [0.2, 0.25) is 5.28 Å². The summed E-state index contributed by atoms with van der Waals surface area (Å²) in [5.74, 6) is 0.829. The van der Waals surface area contributed by atoms with Crippen LogP contribution in [-0.2, 0) is 11.2 Å². The monoisotopic (exact) mass is 354 g/mol. The molecule has 0 aliphatic carbocycles. The zero-order valence-electron chi connectivity index (χ0n) is 15.2. The van der Waals surface area contributed by atoms with E-state index in [9.17, 15) is 4.79 Å². The van der Waals surface area contributed by atoms with Crippen LogP contribution in [0.15, 0.2) is 6.07 Å². The Morgan fingerprint density at radius 3 is 2.67 bits per heavy atom. The quantitative estimate of drug-likeness (QED) is 0.777. The van der Waals surface area contributed by atoms with Crippen molar-refractivity contribution >= 4 is 23.5 Å². The molecule has 0 radical (unpaired) electrons. The minimum atomic E-state index is -0.479. The fourth-order valence-corrected chi connectivity index (χ4v) is 2.97. The number of carbonyl (C=O) groups excluding carboxylic acids is 1. The molecule has 1 unspecified atom stereocenters. The third-order valence-electron chi connectivity index (χ3n) is 3.82. The Labute approximate surface area is 149 Å². The number of amides is 1. The lowest BCUT2D eigenvalue weighted by Crippen LogP contribution is -2.54. The van der Waals surface area contributed by atoms with Crippen molar-refractivity contribution < 1.29 is 9.53 Å². The summed E-state index contributed by atoms with van der Waals surface area (Å²) in [7, 11) is 0. The van der Waals surface area contributed by atoms with Gasteiger partial charge in [0, 0.05) is 37.4 Å². The van der Waals surface area contributed by atoms with E-state index in [0.29, 0.717) is 19.6 Å². The molecule has 0 bridgehead atoms. The lowest BCUT2D eigenvalue weighted by Gasteiger charge is -2.40. The molecular weight excluding hydrogens is 328 g/mol. The van der Waals surface area contributed by atoms with Gasteiger partial charge in [-0.3, -0.25) is 0 Å². The van der Waals surface area contributed by atoms with Gasteiger partial charge in [-0.2, -0.15) is 0 Å². The summed E-state index contributed by atoms with van der Waals surface area (Å²) in [6.07, 6.45) is 1.62. The van der Waals surface area contributed by atoms with Crippen LogP contribution in [-0.4, -0.2) is 52.2 Å². The first kappa shape index (κ1) is 18.8. The fraction of sp³-hybridized carbons (Fsp3) is 0.706. The molecule has 1 fully saturated rings. The molecule has 0 saturated carbocycles. The van der Waals surface area contributed by atoms with E-state index in [4.69, 9.17) is 16.3 Å². The number of hydrogen-bond acceptors (Lipinski definition) is 5. The Balaban J connectivity index is 2.07. The predicted molar refractivity (Wildman–Crippen MR) is 95.7 cm³/mol. The van der Waals surface area contributed by atoms with Crippen molar-refractivity contribution in [2.75, 3.05) is 24.5 Å². The largest absolute Gasteiger partial charge is 0.444 e. The molecule has 0 aromatic carbocycles. The minimum absolute atomic E-state index is 0.131. The Hall–Kier alpha value is -1.56. The van der Waals surface area contributed by atoms with Gasteiger partial charge < -0.3 is 14.5 Å². The van der Waals surface area contributed by atoms with Crippen molar-refractivity contribution in [1.82, 2.24) is 14.9 Å². The highest BCUT2D eigenvalue weighted by molar-refractivity contribution is 6.28. The number of aromatic nitrogens is 2. The second-order valence-electron chi connectivity index (χ2n) is 7.21. The Morgan fingerprint density at radius 1 is 1.38 bits per heavy atom. The molecule has 1 saturated heterocycles. The molecule has 1 aliphatic heterocycles. The Morgan fingerprint density at radius 2 is 2.08 bits per heavy atom. The summed E-state index contributed by atoms with van der Waals surface area (Å²) in [5.41, 5.74) is 0.474. The van der Waals surface area contributed by atoms with Crippen LogP contribution in [0.25, 0.3) is 0 Å². The number of aryl methyl sites for hydroxylation is 1. The van der Waals surface area contributed by atoms with Crippen LogP contribution in [0, 0.1) is 0 Å². The van der Waals surface area contributed by atoms with Crippen LogP contribution >= 0.6 is 11.6 Å². The summed E-state index contributed by atoms with van der Waals surface area (Å²) in [4.78, 5) is 24.8. The number of rotatable bonds is 3. The van der Waals surface area contributed by atoms with E-state index in [-0.39, 0.29) is 17.4 Å². The van der Waals surface area contributed by atoms with Gasteiger partial charge in [-0.1, -0.05) is 13.3 Å². The van der Waals surface area contributed by atoms with Gasteiger partial charge in [0.25, 0.3) is 0 Å². The average Bonchev–Trinajstić information content (AvgIpc) is 2.45. The molecule has 6 nitrogen and oxygen atoms in total. The Kier molecular flexibility index (Phi) is 5.91. The third kappa shape index (κ3) is 4.97. The SMILES string of the molecule is CCCc1cc(N2CCN(C(=O)OC(C)(C)C)CC2C)nc(Cl)n1. The number of ether oxygens (including phenoxy) is 1. The molecule has 0 N–H and O–H groups in total. The van der Waals surface area contributed by atoms with E-state index in [0.717, 1.165) is 24.4 Å². The van der Waals surface area contributed by atoms with Gasteiger partial charge in [0.1, 0.15) is 11.4 Å². The third-order valence-corrected chi connectivity index (χ3v) is 3.99. The smallest absolute Gasteiger partial charge is 0.410 e. The van der Waals surface area contributed by atoms with Crippen LogP contribution in [0.5, 0.6) is 0 Å². The normalized spacial score (nSPS) is 18.7. The summed E-state index contributed by atoms with van der Waals surface area (Å²) in [6, 6.07) is 2.13. The molecule has 1 amide bonds. The fourth-order valence-electron chi connectivity index (χ4n) is 2.77. The van der Waals surface area contributed by atoms with Crippen LogP contribution in [0.1, 0.15) is 46.7 Å². The van der Waals surface area contributed by atoms with Crippen LogP contribution in [0.3, 0.4) is 0 Å².